The molecule has 0 bridgehead atoms. The van der Waals surface area contributed by atoms with Gasteiger partial charge >= 0.3 is 0 Å². The summed E-state index contributed by atoms with van der Waals surface area (Å²) in [5.41, 5.74) is 4.43. The van der Waals surface area contributed by atoms with Gasteiger partial charge in [-0.2, -0.15) is 0 Å². The molecule has 4 nitrogen and oxygen atoms in total. The summed E-state index contributed by atoms with van der Waals surface area (Å²) in [6, 6.07) is 13.1. The lowest BCUT2D eigenvalue weighted by Gasteiger charge is -2.26. The van der Waals surface area contributed by atoms with Gasteiger partial charge in [0, 0.05) is 17.8 Å². The lowest BCUT2D eigenvalue weighted by atomic mass is 10.1. The zero-order valence-corrected chi connectivity index (χ0v) is 12.8. The van der Waals surface area contributed by atoms with Gasteiger partial charge in [0.2, 0.25) is 0 Å². The van der Waals surface area contributed by atoms with E-state index in [1.807, 2.05) is 12.3 Å². The summed E-state index contributed by atoms with van der Waals surface area (Å²) in [7, 11) is 0. The summed E-state index contributed by atoms with van der Waals surface area (Å²) < 4.78 is 2.35. The van der Waals surface area contributed by atoms with Crippen molar-refractivity contribution in [1.82, 2.24) is 19.9 Å². The minimum Gasteiger partial charge on any atom is -0.317 e. The van der Waals surface area contributed by atoms with E-state index in [1.165, 1.54) is 11.1 Å². The summed E-state index contributed by atoms with van der Waals surface area (Å²) in [4.78, 5) is 9.48. The van der Waals surface area contributed by atoms with Gasteiger partial charge in [-0.3, -0.25) is 0 Å². The predicted molar refractivity (Wildman–Crippen MR) is 88.8 cm³/mol. The second-order valence-corrected chi connectivity index (χ2v) is 6.00. The molecule has 0 amide bonds. The van der Waals surface area contributed by atoms with E-state index >= 15 is 0 Å². The van der Waals surface area contributed by atoms with Crippen LogP contribution in [0.4, 0.5) is 0 Å². The van der Waals surface area contributed by atoms with Crippen molar-refractivity contribution in [2.24, 2.45) is 0 Å². The van der Waals surface area contributed by atoms with Gasteiger partial charge in [-0.05, 0) is 51.1 Å². The monoisotopic (exact) mass is 292 g/mol. The van der Waals surface area contributed by atoms with Crippen LogP contribution in [-0.4, -0.2) is 27.6 Å². The summed E-state index contributed by atoms with van der Waals surface area (Å²) in [6.07, 6.45) is 4.11. The van der Waals surface area contributed by atoms with Crippen LogP contribution in [0.5, 0.6) is 0 Å². The number of aromatic nitrogens is 3. The Hall–Kier alpha value is -2.20. The third-order valence-electron chi connectivity index (χ3n) is 4.40. The number of pyridine rings is 1. The van der Waals surface area contributed by atoms with Crippen molar-refractivity contribution in [3.8, 4) is 11.4 Å². The first-order chi connectivity index (χ1) is 10.8. The highest BCUT2D eigenvalue weighted by molar-refractivity contribution is 5.77. The van der Waals surface area contributed by atoms with Crippen LogP contribution in [0.3, 0.4) is 0 Å². The highest BCUT2D eigenvalue weighted by Gasteiger charge is 2.22. The summed E-state index contributed by atoms with van der Waals surface area (Å²) in [5, 5.41) is 3.44. The number of fused-ring (bicyclic) bond motifs is 1. The van der Waals surface area contributed by atoms with E-state index < -0.39 is 0 Å². The quantitative estimate of drug-likeness (QED) is 0.788. The van der Waals surface area contributed by atoms with E-state index in [2.05, 4.69) is 52.1 Å². The molecule has 1 saturated heterocycles. The summed E-state index contributed by atoms with van der Waals surface area (Å²) in [5.74, 6) is 1.05. The van der Waals surface area contributed by atoms with Crippen LogP contribution in [0, 0.1) is 6.92 Å². The molecule has 1 fully saturated rings. The number of nitrogens with zero attached hydrogens (tertiary/aromatic N) is 3. The fourth-order valence-corrected chi connectivity index (χ4v) is 3.33. The molecule has 0 saturated carbocycles. The van der Waals surface area contributed by atoms with Gasteiger partial charge in [0.15, 0.2) is 5.65 Å². The Labute approximate surface area is 130 Å². The van der Waals surface area contributed by atoms with E-state index in [0.29, 0.717) is 6.04 Å². The maximum absolute atomic E-state index is 4.88. The number of benzene rings is 1. The number of nitrogens with one attached hydrogen (secondary N) is 1. The average Bonchev–Trinajstić information content (AvgIpc) is 2.95. The third kappa shape index (κ3) is 2.29. The van der Waals surface area contributed by atoms with Crippen molar-refractivity contribution < 1.29 is 0 Å². The number of piperidine rings is 1. The Bertz CT molecular complexity index is 800. The molecule has 22 heavy (non-hydrogen) atoms. The molecular weight excluding hydrogens is 272 g/mol. The van der Waals surface area contributed by atoms with Crippen molar-refractivity contribution in [3.63, 3.8) is 0 Å². The Balaban J connectivity index is 1.93. The van der Waals surface area contributed by atoms with E-state index in [1.54, 1.807) is 0 Å². The number of hydrogen-bond acceptors (Lipinski definition) is 3. The number of imidazole rings is 1. The molecule has 1 aliphatic rings. The van der Waals surface area contributed by atoms with Gasteiger partial charge in [-0.1, -0.05) is 23.8 Å². The number of aryl methyl sites for hydroxylation is 1. The van der Waals surface area contributed by atoms with Crippen LogP contribution in [0.2, 0.25) is 0 Å². The van der Waals surface area contributed by atoms with E-state index in [-0.39, 0.29) is 0 Å². The minimum atomic E-state index is 0.469. The first-order valence-corrected chi connectivity index (χ1v) is 7.93. The van der Waals surface area contributed by atoms with Gasteiger partial charge in [0.25, 0.3) is 0 Å². The van der Waals surface area contributed by atoms with Crippen LogP contribution in [-0.2, 0) is 0 Å². The smallest absolute Gasteiger partial charge is 0.160 e. The number of rotatable bonds is 2. The molecule has 112 valence electrons. The van der Waals surface area contributed by atoms with Crippen molar-refractivity contribution in [2.75, 3.05) is 13.1 Å². The predicted octanol–water partition coefficient (Wildman–Crippen LogP) is 3.33. The fourth-order valence-electron chi connectivity index (χ4n) is 3.33. The second kappa shape index (κ2) is 5.54. The van der Waals surface area contributed by atoms with Crippen molar-refractivity contribution in [2.45, 2.75) is 25.8 Å². The van der Waals surface area contributed by atoms with Gasteiger partial charge in [0.05, 0.1) is 0 Å². The van der Waals surface area contributed by atoms with E-state index in [9.17, 15) is 0 Å². The Morgan fingerprint density at radius 3 is 2.82 bits per heavy atom. The first-order valence-electron chi connectivity index (χ1n) is 7.93. The Kier molecular flexibility index (Phi) is 3.39. The lowest BCUT2D eigenvalue weighted by Crippen LogP contribution is -2.29. The molecule has 3 aromatic rings. The molecule has 0 atom stereocenters. The average molecular weight is 292 g/mol. The van der Waals surface area contributed by atoms with Gasteiger partial charge in [-0.25, -0.2) is 9.97 Å². The summed E-state index contributed by atoms with van der Waals surface area (Å²) >= 11 is 0. The maximum Gasteiger partial charge on any atom is 0.160 e. The summed E-state index contributed by atoms with van der Waals surface area (Å²) in [6.45, 7) is 4.24. The van der Waals surface area contributed by atoms with Crippen LogP contribution in [0.15, 0.2) is 42.6 Å². The van der Waals surface area contributed by atoms with Crippen LogP contribution >= 0.6 is 0 Å². The van der Waals surface area contributed by atoms with Crippen LogP contribution in [0.1, 0.15) is 24.4 Å². The zero-order valence-electron chi connectivity index (χ0n) is 12.8. The Morgan fingerprint density at radius 2 is 2.00 bits per heavy atom. The third-order valence-corrected chi connectivity index (χ3v) is 4.40. The van der Waals surface area contributed by atoms with Gasteiger partial charge < -0.3 is 9.88 Å². The van der Waals surface area contributed by atoms with Gasteiger partial charge in [0.1, 0.15) is 11.3 Å². The molecule has 1 aromatic carbocycles. The second-order valence-electron chi connectivity index (χ2n) is 6.00. The maximum atomic E-state index is 4.88. The standard InChI is InChI=1S/C18H20N4/c1-13-4-2-5-14(12-13)17-21-16-6-3-9-20-18(16)22(17)15-7-10-19-11-8-15/h2-6,9,12,15,19H,7-8,10-11H2,1H3. The zero-order chi connectivity index (χ0) is 14.9. The van der Waals surface area contributed by atoms with Crippen LogP contribution < -0.4 is 5.32 Å². The Morgan fingerprint density at radius 1 is 1.14 bits per heavy atom. The number of hydrogen-bond donors (Lipinski definition) is 1. The molecule has 3 heterocycles. The van der Waals surface area contributed by atoms with Crippen LogP contribution in [0.25, 0.3) is 22.6 Å². The molecule has 4 rings (SSSR count). The molecule has 1 aliphatic heterocycles. The van der Waals surface area contributed by atoms with Crippen molar-refractivity contribution >= 4 is 11.2 Å². The van der Waals surface area contributed by atoms with Gasteiger partial charge in [-0.15, -0.1) is 0 Å². The largest absolute Gasteiger partial charge is 0.317 e. The molecule has 0 aliphatic carbocycles. The topological polar surface area (TPSA) is 42.7 Å². The lowest BCUT2D eigenvalue weighted by molar-refractivity contribution is 0.376. The van der Waals surface area contributed by atoms with Crippen molar-refractivity contribution in [1.29, 1.82) is 0 Å². The molecule has 4 heteroatoms. The fraction of sp³-hybridized carbons (Fsp3) is 0.333. The molecule has 0 unspecified atom stereocenters. The molecule has 2 aromatic heterocycles. The molecular formula is C18H20N4. The first kappa shape index (κ1) is 13.5. The highest BCUT2D eigenvalue weighted by Crippen LogP contribution is 2.31. The van der Waals surface area contributed by atoms with E-state index in [0.717, 1.165) is 42.9 Å². The SMILES string of the molecule is Cc1cccc(-c2nc3cccnc3n2C2CCNCC2)c1. The highest BCUT2D eigenvalue weighted by atomic mass is 15.2. The van der Waals surface area contributed by atoms with E-state index in [4.69, 9.17) is 4.98 Å². The molecule has 0 spiro atoms. The van der Waals surface area contributed by atoms with Crippen molar-refractivity contribution in [3.05, 3.63) is 48.2 Å². The molecule has 1 N–H and O–H groups in total. The molecule has 0 radical (unpaired) electrons. The minimum absolute atomic E-state index is 0.469. The normalized spacial score (nSPS) is 16.2.